The number of rotatable bonds is 4. The van der Waals surface area contributed by atoms with Gasteiger partial charge in [-0.15, -0.1) is 11.3 Å². The molecular formula is C49H28N4OS. The third kappa shape index (κ3) is 4.49. The summed E-state index contributed by atoms with van der Waals surface area (Å²) in [6.45, 7) is 0. The Hall–Kier alpha value is -7.15. The summed E-state index contributed by atoms with van der Waals surface area (Å²) in [4.78, 5) is 15.2. The van der Waals surface area contributed by atoms with Crippen molar-refractivity contribution in [3.63, 3.8) is 0 Å². The Balaban J connectivity index is 1.16. The minimum atomic E-state index is 0.598. The normalized spacial score (nSPS) is 12.0. The number of para-hydroxylation sites is 2. The molecule has 8 aromatic carbocycles. The quantitative estimate of drug-likeness (QED) is 0.182. The van der Waals surface area contributed by atoms with Crippen molar-refractivity contribution in [1.82, 2.24) is 19.5 Å². The molecule has 5 nitrogen and oxygen atoms in total. The lowest BCUT2D eigenvalue weighted by Crippen LogP contribution is -2.00. The highest BCUT2D eigenvalue weighted by molar-refractivity contribution is 7.26. The van der Waals surface area contributed by atoms with E-state index in [0.717, 1.165) is 60.6 Å². The first-order valence-electron chi connectivity index (χ1n) is 18.4. The van der Waals surface area contributed by atoms with Gasteiger partial charge in [0, 0.05) is 53.7 Å². The van der Waals surface area contributed by atoms with E-state index in [1.807, 2.05) is 72.0 Å². The lowest BCUT2D eigenvalue weighted by atomic mass is 9.98. The second-order valence-electron chi connectivity index (χ2n) is 13.9. The van der Waals surface area contributed by atoms with Gasteiger partial charge >= 0.3 is 0 Å². The zero-order valence-corrected chi connectivity index (χ0v) is 30.1. The van der Waals surface area contributed by atoms with Crippen LogP contribution in [0.3, 0.4) is 0 Å². The van der Waals surface area contributed by atoms with E-state index in [9.17, 15) is 0 Å². The maximum atomic E-state index is 7.09. The number of furan rings is 1. The van der Waals surface area contributed by atoms with Crippen LogP contribution >= 0.6 is 11.3 Å². The molecule has 55 heavy (non-hydrogen) atoms. The van der Waals surface area contributed by atoms with Gasteiger partial charge in [0.2, 0.25) is 0 Å². The average molecular weight is 721 g/mol. The van der Waals surface area contributed by atoms with Gasteiger partial charge in [0.25, 0.3) is 0 Å². The number of hydrogen-bond donors (Lipinski definition) is 0. The predicted molar refractivity (Wildman–Crippen MR) is 228 cm³/mol. The van der Waals surface area contributed by atoms with Crippen LogP contribution in [0.15, 0.2) is 174 Å². The minimum Gasteiger partial charge on any atom is -0.454 e. The largest absolute Gasteiger partial charge is 0.454 e. The molecule has 0 bridgehead atoms. The van der Waals surface area contributed by atoms with E-state index >= 15 is 0 Å². The van der Waals surface area contributed by atoms with Crippen molar-refractivity contribution in [2.24, 2.45) is 0 Å². The molecule has 0 saturated heterocycles. The molecule has 0 aliphatic rings. The number of hydrogen-bond acceptors (Lipinski definition) is 5. The fraction of sp³-hybridized carbons (Fsp3) is 0. The predicted octanol–water partition coefficient (Wildman–Crippen LogP) is 13.4. The molecule has 0 saturated carbocycles. The first kappa shape index (κ1) is 30.3. The number of benzene rings is 8. The maximum Gasteiger partial charge on any atom is 0.164 e. The molecule has 0 N–H and O–H groups in total. The second-order valence-corrected chi connectivity index (χ2v) is 15.0. The Kier molecular flexibility index (Phi) is 6.44. The summed E-state index contributed by atoms with van der Waals surface area (Å²) in [6, 6.07) is 59.4. The molecule has 0 aliphatic heterocycles. The van der Waals surface area contributed by atoms with Crippen molar-refractivity contribution in [1.29, 1.82) is 0 Å². The van der Waals surface area contributed by atoms with Gasteiger partial charge in [-0.25, -0.2) is 15.0 Å². The Morgan fingerprint density at radius 1 is 0.455 bits per heavy atom. The molecule has 0 spiro atoms. The van der Waals surface area contributed by atoms with Crippen molar-refractivity contribution >= 4 is 86.0 Å². The van der Waals surface area contributed by atoms with E-state index in [1.165, 1.54) is 36.5 Å². The van der Waals surface area contributed by atoms with E-state index < -0.39 is 0 Å². The molecule has 12 rings (SSSR count). The lowest BCUT2D eigenvalue weighted by Gasteiger charge is -2.11. The monoisotopic (exact) mass is 720 g/mol. The van der Waals surface area contributed by atoms with Crippen LogP contribution in [0.5, 0.6) is 0 Å². The van der Waals surface area contributed by atoms with E-state index in [-0.39, 0.29) is 0 Å². The van der Waals surface area contributed by atoms with Crippen molar-refractivity contribution in [3.05, 3.63) is 170 Å². The lowest BCUT2D eigenvalue weighted by molar-refractivity contribution is 0.667. The number of fused-ring (bicyclic) bond motifs is 12. The minimum absolute atomic E-state index is 0.598. The van der Waals surface area contributed by atoms with Crippen molar-refractivity contribution in [2.75, 3.05) is 0 Å². The van der Waals surface area contributed by atoms with Gasteiger partial charge in [0.15, 0.2) is 23.1 Å². The van der Waals surface area contributed by atoms with Crippen LogP contribution in [0, 0.1) is 0 Å². The van der Waals surface area contributed by atoms with Gasteiger partial charge in [0.1, 0.15) is 5.58 Å². The number of thiophene rings is 1. The van der Waals surface area contributed by atoms with Gasteiger partial charge in [-0.2, -0.15) is 0 Å². The summed E-state index contributed by atoms with van der Waals surface area (Å²) in [7, 11) is 0. The first-order chi connectivity index (χ1) is 27.3. The molecule has 6 heteroatoms. The summed E-state index contributed by atoms with van der Waals surface area (Å²) in [5, 5.41) is 9.28. The van der Waals surface area contributed by atoms with Crippen LogP contribution in [0.2, 0.25) is 0 Å². The highest BCUT2D eigenvalue weighted by Crippen LogP contribution is 2.46. The summed E-state index contributed by atoms with van der Waals surface area (Å²) in [6.07, 6.45) is 0. The molecule has 0 amide bonds. The topological polar surface area (TPSA) is 56.7 Å². The van der Waals surface area contributed by atoms with E-state index in [4.69, 9.17) is 19.4 Å². The first-order valence-corrected chi connectivity index (χ1v) is 19.2. The fourth-order valence-electron chi connectivity index (χ4n) is 8.42. The Bertz CT molecular complexity index is 3430. The summed E-state index contributed by atoms with van der Waals surface area (Å²) >= 11 is 1.86. The third-order valence-corrected chi connectivity index (χ3v) is 12.0. The number of aromatic nitrogens is 4. The van der Waals surface area contributed by atoms with Crippen molar-refractivity contribution in [2.45, 2.75) is 0 Å². The van der Waals surface area contributed by atoms with Crippen LogP contribution in [0.4, 0.5) is 0 Å². The summed E-state index contributed by atoms with van der Waals surface area (Å²) in [5.74, 6) is 1.85. The standard InChI is InChI=1S/C49H28N4OS/c1-3-14-29(15-4-1)47-50-48(30-16-5-2-6-17-30)52-49(51-47)38-28-41-43(34-21-8-7-18-31(34)38)37-22-13-24-40(45(37)54-41)53-39-23-11-9-19-32(39)35-26-27-36-33-20-10-12-25-42(33)55-46(36)44(35)53/h1-28H. The molecule has 0 fully saturated rings. The molecule has 4 aromatic heterocycles. The summed E-state index contributed by atoms with van der Waals surface area (Å²) in [5.41, 5.74) is 7.73. The van der Waals surface area contributed by atoms with Gasteiger partial charge in [-0.1, -0.05) is 146 Å². The van der Waals surface area contributed by atoms with E-state index in [0.29, 0.717) is 17.5 Å². The van der Waals surface area contributed by atoms with Crippen LogP contribution < -0.4 is 0 Å². The molecule has 0 aliphatic carbocycles. The van der Waals surface area contributed by atoms with Gasteiger partial charge in [0.05, 0.1) is 21.4 Å². The zero-order chi connectivity index (χ0) is 36.0. The Labute approximate surface area is 318 Å². The van der Waals surface area contributed by atoms with Crippen LogP contribution in [-0.2, 0) is 0 Å². The fourth-order valence-corrected chi connectivity index (χ4v) is 9.66. The smallest absolute Gasteiger partial charge is 0.164 e. The molecule has 0 atom stereocenters. The van der Waals surface area contributed by atoms with Crippen LogP contribution in [-0.4, -0.2) is 19.5 Å². The SMILES string of the molecule is c1ccc(-c2nc(-c3ccccc3)nc(-c3cc4oc5c(-n6c7ccccc7c7ccc8c9ccccc9sc8c76)cccc5c4c4ccccc34)n2)cc1. The molecule has 4 heterocycles. The second kappa shape index (κ2) is 11.7. The van der Waals surface area contributed by atoms with Crippen molar-refractivity contribution in [3.8, 4) is 39.9 Å². The molecule has 0 radical (unpaired) electrons. The Morgan fingerprint density at radius 3 is 1.82 bits per heavy atom. The van der Waals surface area contributed by atoms with E-state index in [2.05, 4.69) is 114 Å². The maximum absolute atomic E-state index is 7.09. The highest BCUT2D eigenvalue weighted by Gasteiger charge is 2.23. The van der Waals surface area contributed by atoms with Gasteiger partial charge < -0.3 is 8.98 Å². The molecular weight excluding hydrogens is 693 g/mol. The summed E-state index contributed by atoms with van der Waals surface area (Å²) < 4.78 is 12.1. The average Bonchev–Trinajstić information content (AvgIpc) is 3.94. The highest BCUT2D eigenvalue weighted by atomic mass is 32.1. The van der Waals surface area contributed by atoms with Crippen LogP contribution in [0.25, 0.3) is 115 Å². The van der Waals surface area contributed by atoms with Gasteiger partial charge in [-0.05, 0) is 35.0 Å². The molecule has 0 unspecified atom stereocenters. The molecule has 256 valence electrons. The Morgan fingerprint density at radius 2 is 1.05 bits per heavy atom. The molecule has 12 aromatic rings. The van der Waals surface area contributed by atoms with Gasteiger partial charge in [-0.3, -0.25) is 0 Å². The van der Waals surface area contributed by atoms with Crippen molar-refractivity contribution < 1.29 is 4.42 Å². The third-order valence-electron chi connectivity index (χ3n) is 10.8. The zero-order valence-electron chi connectivity index (χ0n) is 29.3. The number of nitrogens with zero attached hydrogens (tertiary/aromatic N) is 4. The van der Waals surface area contributed by atoms with E-state index in [1.54, 1.807) is 0 Å². The van der Waals surface area contributed by atoms with Crippen LogP contribution in [0.1, 0.15) is 0 Å².